The molecule has 3 rings (SSSR count). The van der Waals surface area contributed by atoms with Gasteiger partial charge in [0.05, 0.1) is 13.7 Å². The molecular formula is C14H17N3O2. The fourth-order valence-corrected chi connectivity index (χ4v) is 2.31. The number of hydrogen-bond donors (Lipinski definition) is 0. The Morgan fingerprint density at radius 1 is 1.21 bits per heavy atom. The van der Waals surface area contributed by atoms with Gasteiger partial charge in [0, 0.05) is 5.56 Å². The van der Waals surface area contributed by atoms with Crippen LogP contribution in [0.4, 0.5) is 0 Å². The van der Waals surface area contributed by atoms with Gasteiger partial charge < -0.3 is 9.26 Å². The Morgan fingerprint density at radius 3 is 2.63 bits per heavy atom. The highest BCUT2D eigenvalue weighted by Gasteiger charge is 2.15. The number of hydrogen-bond acceptors (Lipinski definition) is 5. The number of ether oxygens (including phenoxy) is 1. The molecule has 1 aromatic carbocycles. The van der Waals surface area contributed by atoms with E-state index in [1.807, 2.05) is 24.3 Å². The quantitative estimate of drug-likeness (QED) is 0.843. The summed E-state index contributed by atoms with van der Waals surface area (Å²) in [6.45, 7) is 3.04. The zero-order valence-corrected chi connectivity index (χ0v) is 11.0. The predicted octanol–water partition coefficient (Wildman–Crippen LogP) is 2.34. The molecule has 100 valence electrons. The molecule has 2 aromatic rings. The topological polar surface area (TPSA) is 51.4 Å². The molecule has 1 aliphatic heterocycles. The molecule has 5 nitrogen and oxygen atoms in total. The summed E-state index contributed by atoms with van der Waals surface area (Å²) in [4.78, 5) is 6.79. The van der Waals surface area contributed by atoms with Gasteiger partial charge in [-0.05, 0) is 50.2 Å². The van der Waals surface area contributed by atoms with Gasteiger partial charge in [0.2, 0.25) is 0 Å². The molecule has 0 bridgehead atoms. The van der Waals surface area contributed by atoms with Crippen molar-refractivity contribution in [3.8, 4) is 17.2 Å². The minimum absolute atomic E-state index is 0.567. The second-order valence-electron chi connectivity index (χ2n) is 4.73. The van der Waals surface area contributed by atoms with Gasteiger partial charge in [-0.3, -0.25) is 4.90 Å². The summed E-state index contributed by atoms with van der Waals surface area (Å²) in [6, 6.07) is 7.62. The lowest BCUT2D eigenvalue weighted by Crippen LogP contribution is -2.19. The highest BCUT2D eigenvalue weighted by molar-refractivity contribution is 5.54. The maximum absolute atomic E-state index is 5.31. The minimum Gasteiger partial charge on any atom is -0.497 e. The Kier molecular flexibility index (Phi) is 3.46. The number of benzene rings is 1. The van der Waals surface area contributed by atoms with Crippen molar-refractivity contribution >= 4 is 0 Å². The van der Waals surface area contributed by atoms with Gasteiger partial charge in [-0.2, -0.15) is 4.98 Å². The van der Waals surface area contributed by atoms with Crippen LogP contribution in [0.25, 0.3) is 11.5 Å². The molecule has 5 heteroatoms. The number of nitrogens with zero attached hydrogens (tertiary/aromatic N) is 3. The van der Waals surface area contributed by atoms with Gasteiger partial charge in [0.25, 0.3) is 5.89 Å². The maximum atomic E-state index is 5.31. The van der Waals surface area contributed by atoms with E-state index in [0.717, 1.165) is 36.8 Å². The highest BCUT2D eigenvalue weighted by Crippen LogP contribution is 2.21. The smallest absolute Gasteiger partial charge is 0.257 e. The Hall–Kier alpha value is -1.88. The van der Waals surface area contributed by atoms with Crippen molar-refractivity contribution in [3.63, 3.8) is 0 Å². The van der Waals surface area contributed by atoms with Crippen LogP contribution in [-0.2, 0) is 6.54 Å². The molecule has 0 unspecified atom stereocenters. The molecule has 0 amide bonds. The fourth-order valence-electron chi connectivity index (χ4n) is 2.31. The van der Waals surface area contributed by atoms with E-state index >= 15 is 0 Å². The van der Waals surface area contributed by atoms with Gasteiger partial charge in [-0.25, -0.2) is 0 Å². The minimum atomic E-state index is 0.567. The van der Waals surface area contributed by atoms with E-state index in [0.29, 0.717) is 5.89 Å². The molecule has 1 aromatic heterocycles. The van der Waals surface area contributed by atoms with Crippen molar-refractivity contribution in [3.05, 3.63) is 30.1 Å². The molecule has 1 saturated heterocycles. The van der Waals surface area contributed by atoms with Crippen molar-refractivity contribution < 1.29 is 9.26 Å². The van der Waals surface area contributed by atoms with Crippen LogP contribution < -0.4 is 4.74 Å². The molecule has 0 radical (unpaired) electrons. The molecule has 0 atom stereocenters. The Bertz CT molecular complexity index is 530. The lowest BCUT2D eigenvalue weighted by molar-refractivity contribution is 0.312. The SMILES string of the molecule is COc1ccc(-c2nc(CN3CCCC3)no2)cc1. The van der Waals surface area contributed by atoms with Crippen LogP contribution in [0.1, 0.15) is 18.7 Å². The molecule has 0 saturated carbocycles. The molecule has 2 heterocycles. The average Bonchev–Trinajstić information content (AvgIpc) is 3.11. The third kappa shape index (κ3) is 2.76. The first-order chi connectivity index (χ1) is 9.35. The zero-order chi connectivity index (χ0) is 13.1. The van der Waals surface area contributed by atoms with E-state index in [-0.39, 0.29) is 0 Å². The summed E-state index contributed by atoms with van der Waals surface area (Å²) in [7, 11) is 1.65. The summed E-state index contributed by atoms with van der Waals surface area (Å²) >= 11 is 0. The average molecular weight is 259 g/mol. The second kappa shape index (κ2) is 5.40. The lowest BCUT2D eigenvalue weighted by Gasteiger charge is -2.10. The first-order valence-electron chi connectivity index (χ1n) is 6.54. The standard InChI is InChI=1S/C14H17N3O2/c1-18-12-6-4-11(5-7-12)14-15-13(16-19-14)10-17-8-2-3-9-17/h4-7H,2-3,8-10H2,1H3. The molecule has 0 spiro atoms. The lowest BCUT2D eigenvalue weighted by atomic mass is 10.2. The summed E-state index contributed by atoms with van der Waals surface area (Å²) in [5.41, 5.74) is 0.918. The largest absolute Gasteiger partial charge is 0.497 e. The summed E-state index contributed by atoms with van der Waals surface area (Å²) in [6.07, 6.45) is 2.53. The molecule has 0 aliphatic carbocycles. The van der Waals surface area contributed by atoms with E-state index in [9.17, 15) is 0 Å². The molecule has 1 fully saturated rings. The second-order valence-corrected chi connectivity index (χ2v) is 4.73. The third-order valence-electron chi connectivity index (χ3n) is 3.37. The van der Waals surface area contributed by atoms with Gasteiger partial charge in [-0.15, -0.1) is 0 Å². The highest BCUT2D eigenvalue weighted by atomic mass is 16.5. The maximum Gasteiger partial charge on any atom is 0.257 e. The summed E-state index contributed by atoms with van der Waals surface area (Å²) in [5.74, 6) is 2.14. The van der Waals surface area contributed by atoms with E-state index in [1.165, 1.54) is 12.8 Å². The number of aromatic nitrogens is 2. The summed E-state index contributed by atoms with van der Waals surface area (Å²) in [5, 5.41) is 4.04. The van der Waals surface area contributed by atoms with E-state index in [1.54, 1.807) is 7.11 Å². The Balaban J connectivity index is 1.72. The van der Waals surface area contributed by atoms with Gasteiger partial charge in [0.1, 0.15) is 5.75 Å². The van der Waals surface area contributed by atoms with Crippen LogP contribution in [0.3, 0.4) is 0 Å². The van der Waals surface area contributed by atoms with Crippen molar-refractivity contribution in [1.82, 2.24) is 15.0 Å². The van der Waals surface area contributed by atoms with Crippen LogP contribution in [-0.4, -0.2) is 35.2 Å². The van der Waals surface area contributed by atoms with Crippen molar-refractivity contribution in [2.45, 2.75) is 19.4 Å². The predicted molar refractivity (Wildman–Crippen MR) is 70.8 cm³/mol. The third-order valence-corrected chi connectivity index (χ3v) is 3.37. The number of rotatable bonds is 4. The van der Waals surface area contributed by atoms with E-state index in [2.05, 4.69) is 15.0 Å². The first kappa shape index (κ1) is 12.2. The van der Waals surface area contributed by atoms with Crippen molar-refractivity contribution in [2.75, 3.05) is 20.2 Å². The van der Waals surface area contributed by atoms with Crippen LogP contribution >= 0.6 is 0 Å². The summed E-state index contributed by atoms with van der Waals surface area (Å²) < 4.78 is 10.4. The van der Waals surface area contributed by atoms with Gasteiger partial charge in [-0.1, -0.05) is 5.16 Å². The molecule has 19 heavy (non-hydrogen) atoms. The molecular weight excluding hydrogens is 242 g/mol. The van der Waals surface area contributed by atoms with Gasteiger partial charge in [0.15, 0.2) is 5.82 Å². The normalized spacial score (nSPS) is 15.8. The fraction of sp³-hybridized carbons (Fsp3) is 0.429. The van der Waals surface area contributed by atoms with Crippen molar-refractivity contribution in [1.29, 1.82) is 0 Å². The Labute approximate surface area is 112 Å². The molecule has 1 aliphatic rings. The monoisotopic (exact) mass is 259 g/mol. The van der Waals surface area contributed by atoms with Gasteiger partial charge >= 0.3 is 0 Å². The van der Waals surface area contributed by atoms with Crippen LogP contribution in [0.2, 0.25) is 0 Å². The van der Waals surface area contributed by atoms with Crippen molar-refractivity contribution in [2.24, 2.45) is 0 Å². The Morgan fingerprint density at radius 2 is 1.95 bits per heavy atom. The number of likely N-dealkylation sites (tertiary alicyclic amines) is 1. The molecule has 0 N–H and O–H groups in total. The first-order valence-corrected chi connectivity index (χ1v) is 6.54. The van der Waals surface area contributed by atoms with Crippen LogP contribution in [0.15, 0.2) is 28.8 Å². The van der Waals surface area contributed by atoms with Crippen LogP contribution in [0.5, 0.6) is 5.75 Å². The van der Waals surface area contributed by atoms with Crippen LogP contribution in [0, 0.1) is 0 Å². The number of methoxy groups -OCH3 is 1. The van der Waals surface area contributed by atoms with E-state index in [4.69, 9.17) is 9.26 Å². The zero-order valence-electron chi connectivity index (χ0n) is 11.0. The van der Waals surface area contributed by atoms with E-state index < -0.39 is 0 Å².